The highest BCUT2D eigenvalue weighted by atomic mass is 15.4. The van der Waals surface area contributed by atoms with Crippen LogP contribution < -0.4 is 0 Å². The molecule has 2 rings (SSSR count). The summed E-state index contributed by atoms with van der Waals surface area (Å²) in [5, 5.41) is 17.2. The second-order valence-corrected chi connectivity index (χ2v) is 4.91. The third-order valence-corrected chi connectivity index (χ3v) is 3.34. The Labute approximate surface area is 102 Å². The van der Waals surface area contributed by atoms with Crippen molar-refractivity contribution in [2.45, 2.75) is 38.1 Å². The van der Waals surface area contributed by atoms with Gasteiger partial charge >= 0.3 is 0 Å². The van der Waals surface area contributed by atoms with Crippen molar-refractivity contribution in [1.29, 1.82) is 5.26 Å². The van der Waals surface area contributed by atoms with E-state index in [9.17, 15) is 0 Å². The minimum Gasteiger partial charge on any atom is -0.308 e. The molecule has 1 fully saturated rings. The molecule has 0 atom stereocenters. The van der Waals surface area contributed by atoms with Crippen LogP contribution in [0, 0.1) is 11.3 Å². The fourth-order valence-electron chi connectivity index (χ4n) is 2.15. The number of aromatic nitrogens is 3. The van der Waals surface area contributed by atoms with Gasteiger partial charge in [0.15, 0.2) is 0 Å². The van der Waals surface area contributed by atoms with Crippen LogP contribution in [0.5, 0.6) is 0 Å². The molecule has 17 heavy (non-hydrogen) atoms. The maximum Gasteiger partial charge on any atom is 0.100 e. The van der Waals surface area contributed by atoms with Crippen molar-refractivity contribution in [1.82, 2.24) is 19.9 Å². The summed E-state index contributed by atoms with van der Waals surface area (Å²) < 4.78 is 2.00. The second-order valence-electron chi connectivity index (χ2n) is 4.91. The van der Waals surface area contributed by atoms with Crippen LogP contribution >= 0.6 is 0 Å². The van der Waals surface area contributed by atoms with Crippen LogP contribution in [0.1, 0.15) is 36.6 Å². The lowest BCUT2D eigenvalue weighted by atomic mass is 9.81. The zero-order valence-electron chi connectivity index (χ0n) is 10.6. The van der Waals surface area contributed by atoms with Gasteiger partial charge in [0.2, 0.25) is 0 Å². The molecule has 0 spiro atoms. The highest BCUT2D eigenvalue weighted by Gasteiger charge is 2.27. The number of hydrogen-bond acceptors (Lipinski definition) is 4. The van der Waals surface area contributed by atoms with Crippen LogP contribution in [0.25, 0.3) is 0 Å². The van der Waals surface area contributed by atoms with Gasteiger partial charge in [0.25, 0.3) is 0 Å². The third kappa shape index (κ3) is 2.64. The molecule has 1 saturated carbocycles. The smallest absolute Gasteiger partial charge is 0.100 e. The molecule has 92 valence electrons. The van der Waals surface area contributed by atoms with Gasteiger partial charge in [-0.1, -0.05) is 11.6 Å². The van der Waals surface area contributed by atoms with Crippen molar-refractivity contribution in [3.05, 3.63) is 11.4 Å². The molecule has 0 amide bonds. The molecule has 1 aliphatic rings. The van der Waals surface area contributed by atoms with E-state index in [4.69, 9.17) is 5.26 Å². The maximum absolute atomic E-state index is 8.81. The molecule has 0 aromatic carbocycles. The highest BCUT2D eigenvalue weighted by Crippen LogP contribution is 2.37. The van der Waals surface area contributed by atoms with Crippen LogP contribution in [0.4, 0.5) is 0 Å². The van der Waals surface area contributed by atoms with E-state index >= 15 is 0 Å². The number of hydrogen-bond donors (Lipinski definition) is 0. The molecule has 1 aromatic rings. The molecule has 0 aliphatic heterocycles. The largest absolute Gasteiger partial charge is 0.308 e. The van der Waals surface area contributed by atoms with Crippen molar-refractivity contribution in [3.63, 3.8) is 0 Å². The zero-order valence-corrected chi connectivity index (χ0v) is 10.6. The predicted octanol–water partition coefficient (Wildman–Crippen LogP) is 1.17. The van der Waals surface area contributed by atoms with E-state index in [-0.39, 0.29) is 0 Å². The Balaban J connectivity index is 2.16. The summed E-state index contributed by atoms with van der Waals surface area (Å²) in [4.78, 5) is 2.14. The molecule has 1 aromatic heterocycles. The standard InChI is InChI=1S/C12H19N5/c1-16(2)8-9-17-12(10-4-3-5-10)11(6-7-13)14-15-17/h10H,3-6,8-9H2,1-2H3. The topological polar surface area (TPSA) is 57.7 Å². The van der Waals surface area contributed by atoms with Crippen LogP contribution in [0.3, 0.4) is 0 Å². The lowest BCUT2D eigenvalue weighted by molar-refractivity contribution is 0.344. The van der Waals surface area contributed by atoms with E-state index in [0.717, 1.165) is 18.8 Å². The van der Waals surface area contributed by atoms with Crippen molar-refractivity contribution >= 4 is 0 Å². The lowest BCUT2D eigenvalue weighted by Gasteiger charge is -2.26. The third-order valence-electron chi connectivity index (χ3n) is 3.34. The number of nitrogens with zero attached hydrogens (tertiary/aromatic N) is 5. The normalized spacial score (nSPS) is 15.9. The first-order chi connectivity index (χ1) is 8.22. The van der Waals surface area contributed by atoms with Gasteiger partial charge in [-0.25, -0.2) is 4.68 Å². The zero-order chi connectivity index (χ0) is 12.3. The van der Waals surface area contributed by atoms with Gasteiger partial charge < -0.3 is 4.90 Å². The quantitative estimate of drug-likeness (QED) is 0.766. The molecule has 1 aliphatic carbocycles. The minimum absolute atomic E-state index is 0.383. The Kier molecular flexibility index (Phi) is 3.75. The SMILES string of the molecule is CN(C)CCn1nnc(CC#N)c1C1CCC1. The first-order valence-corrected chi connectivity index (χ1v) is 6.16. The van der Waals surface area contributed by atoms with Crippen molar-refractivity contribution in [2.24, 2.45) is 0 Å². The van der Waals surface area contributed by atoms with Gasteiger partial charge in [0.1, 0.15) is 5.69 Å². The summed E-state index contributed by atoms with van der Waals surface area (Å²) in [5.74, 6) is 0.579. The van der Waals surface area contributed by atoms with Crippen LogP contribution in [0.2, 0.25) is 0 Å². The Bertz CT molecular complexity index is 411. The Hall–Kier alpha value is -1.41. The van der Waals surface area contributed by atoms with Gasteiger partial charge in [-0.2, -0.15) is 5.26 Å². The molecule has 0 bridgehead atoms. The highest BCUT2D eigenvalue weighted by molar-refractivity contribution is 5.20. The molecule has 1 heterocycles. The number of nitriles is 1. The fourth-order valence-corrected chi connectivity index (χ4v) is 2.15. The maximum atomic E-state index is 8.81. The lowest BCUT2D eigenvalue weighted by Crippen LogP contribution is -2.23. The van der Waals surface area contributed by atoms with Gasteiger partial charge in [-0.15, -0.1) is 5.10 Å². The van der Waals surface area contributed by atoms with Crippen molar-refractivity contribution in [2.75, 3.05) is 20.6 Å². The molecule has 0 N–H and O–H groups in total. The van der Waals surface area contributed by atoms with Gasteiger partial charge in [0.05, 0.1) is 24.7 Å². The second kappa shape index (κ2) is 5.28. The van der Waals surface area contributed by atoms with E-state index < -0.39 is 0 Å². The summed E-state index contributed by atoms with van der Waals surface area (Å²) in [6.45, 7) is 1.81. The van der Waals surface area contributed by atoms with Crippen LogP contribution in [-0.4, -0.2) is 40.5 Å². The molecular formula is C12H19N5. The van der Waals surface area contributed by atoms with E-state index in [1.165, 1.54) is 25.0 Å². The van der Waals surface area contributed by atoms with E-state index in [1.54, 1.807) is 0 Å². The average Bonchev–Trinajstić information content (AvgIpc) is 2.58. The van der Waals surface area contributed by atoms with Gasteiger partial charge in [0, 0.05) is 12.5 Å². The van der Waals surface area contributed by atoms with Gasteiger partial charge in [-0.3, -0.25) is 0 Å². The fraction of sp³-hybridized carbons (Fsp3) is 0.750. The Morgan fingerprint density at radius 2 is 2.24 bits per heavy atom. The number of rotatable bonds is 5. The van der Waals surface area contributed by atoms with E-state index in [1.807, 2.05) is 4.68 Å². The summed E-state index contributed by atoms with van der Waals surface area (Å²) in [6.07, 6.45) is 4.10. The average molecular weight is 233 g/mol. The van der Waals surface area contributed by atoms with E-state index in [0.29, 0.717) is 12.3 Å². The molecule has 0 saturated heterocycles. The minimum atomic E-state index is 0.383. The molecule has 0 unspecified atom stereocenters. The molecule has 5 heteroatoms. The first kappa shape index (κ1) is 12.1. The summed E-state index contributed by atoms with van der Waals surface area (Å²) >= 11 is 0. The molecule has 5 nitrogen and oxygen atoms in total. The van der Waals surface area contributed by atoms with Crippen LogP contribution in [-0.2, 0) is 13.0 Å². The Morgan fingerprint density at radius 3 is 2.76 bits per heavy atom. The summed E-state index contributed by atoms with van der Waals surface area (Å²) in [5.41, 5.74) is 2.09. The summed E-state index contributed by atoms with van der Waals surface area (Å²) in [6, 6.07) is 2.18. The first-order valence-electron chi connectivity index (χ1n) is 6.16. The van der Waals surface area contributed by atoms with E-state index in [2.05, 4.69) is 35.4 Å². The van der Waals surface area contributed by atoms with Crippen LogP contribution in [0.15, 0.2) is 0 Å². The summed E-state index contributed by atoms with van der Waals surface area (Å²) in [7, 11) is 4.10. The number of likely N-dealkylation sites (N-methyl/N-ethyl adjacent to an activating group) is 1. The van der Waals surface area contributed by atoms with Gasteiger partial charge in [-0.05, 0) is 26.9 Å². The molecule has 0 radical (unpaired) electrons. The Morgan fingerprint density at radius 1 is 1.47 bits per heavy atom. The monoisotopic (exact) mass is 233 g/mol. The van der Waals surface area contributed by atoms with Crippen molar-refractivity contribution in [3.8, 4) is 6.07 Å². The van der Waals surface area contributed by atoms with Crippen molar-refractivity contribution < 1.29 is 0 Å². The molecular weight excluding hydrogens is 214 g/mol. The predicted molar refractivity (Wildman–Crippen MR) is 64.5 cm³/mol.